The molecule has 0 fully saturated rings. The Labute approximate surface area is 280 Å². The van der Waals surface area contributed by atoms with E-state index in [1.54, 1.807) is 49.1 Å². The highest BCUT2D eigenvalue weighted by Crippen LogP contribution is 2.42. The maximum absolute atomic E-state index is 15.0. The number of rotatable bonds is 2. The summed E-state index contributed by atoms with van der Waals surface area (Å²) >= 11 is 7.14. The predicted octanol–water partition coefficient (Wildman–Crippen LogP) is 2.80. The van der Waals surface area contributed by atoms with Gasteiger partial charge in [0.05, 0.1) is 30.2 Å². The normalized spacial score (nSPS) is 17.8. The van der Waals surface area contributed by atoms with Crippen molar-refractivity contribution in [2.45, 2.75) is 44.3 Å². The number of nitrogens with zero attached hydrogens (tertiary/aromatic N) is 8. The largest absolute Gasteiger partial charge is 0.355 e. The van der Waals surface area contributed by atoms with Gasteiger partial charge in [0.1, 0.15) is 18.0 Å². The molecule has 0 radical (unpaired) electrons. The smallest absolute Gasteiger partial charge is 0.352 e. The van der Waals surface area contributed by atoms with E-state index in [4.69, 9.17) is 11.6 Å². The first kappa shape index (κ1) is 32.1. The number of hydrogen-bond acceptors (Lipinski definition) is 8. The Morgan fingerprint density at radius 2 is 1.84 bits per heavy atom. The van der Waals surface area contributed by atoms with E-state index in [-0.39, 0.29) is 55.7 Å². The summed E-state index contributed by atoms with van der Waals surface area (Å²) < 4.78 is 48.0. The molecular formula is C32H28ClF3N10O3. The maximum atomic E-state index is 15.0. The van der Waals surface area contributed by atoms with Crippen molar-refractivity contribution >= 4 is 29.0 Å². The fourth-order valence-electron chi connectivity index (χ4n) is 6.18. The number of halogens is 4. The molecule has 2 N–H and O–H groups in total. The number of hydrogen-bond donors (Lipinski definition) is 2. The van der Waals surface area contributed by atoms with Gasteiger partial charge in [-0.15, -0.1) is 11.6 Å². The molecule has 5 aromatic rings. The third-order valence-electron chi connectivity index (χ3n) is 8.53. The third-order valence-corrected chi connectivity index (χ3v) is 8.86. The van der Waals surface area contributed by atoms with E-state index in [0.29, 0.717) is 40.2 Å². The molecule has 1 amide bonds. The lowest BCUT2D eigenvalue weighted by molar-refractivity contribution is 0.0954. The minimum atomic E-state index is -1.40. The van der Waals surface area contributed by atoms with E-state index in [0.717, 1.165) is 14.7 Å². The van der Waals surface area contributed by atoms with Crippen LogP contribution in [0.1, 0.15) is 51.9 Å². The predicted molar refractivity (Wildman–Crippen MR) is 172 cm³/mol. The average molecular weight is 693 g/mol. The molecule has 13 nitrogen and oxygen atoms in total. The van der Waals surface area contributed by atoms with E-state index in [2.05, 4.69) is 30.8 Å². The lowest BCUT2D eigenvalue weighted by Gasteiger charge is -2.33. The van der Waals surface area contributed by atoms with E-state index >= 15 is 0 Å². The first-order valence-corrected chi connectivity index (χ1v) is 15.6. The number of benzene rings is 2. The van der Waals surface area contributed by atoms with Gasteiger partial charge in [0.25, 0.3) is 5.91 Å². The second kappa shape index (κ2) is 12.2. The molecule has 8 rings (SSSR count). The zero-order chi connectivity index (χ0) is 34.6. The van der Waals surface area contributed by atoms with E-state index in [1.807, 2.05) is 0 Å². The van der Waals surface area contributed by atoms with Gasteiger partial charge in [0.15, 0.2) is 11.6 Å². The van der Waals surface area contributed by atoms with E-state index in [1.165, 1.54) is 11.0 Å². The zero-order valence-corrected chi connectivity index (χ0v) is 26.9. The summed E-state index contributed by atoms with van der Waals surface area (Å²) in [4.78, 5) is 48.2. The van der Waals surface area contributed by atoms with Crippen LogP contribution in [0.4, 0.5) is 19.1 Å². The summed E-state index contributed by atoms with van der Waals surface area (Å²) in [5, 5.41) is 14.8. The highest BCUT2D eigenvalue weighted by molar-refractivity contribution is 6.27. The van der Waals surface area contributed by atoms with Gasteiger partial charge in [-0.1, -0.05) is 12.1 Å². The van der Waals surface area contributed by atoms with Crippen LogP contribution in [0, 0.1) is 17.5 Å². The van der Waals surface area contributed by atoms with Crippen molar-refractivity contribution in [3.8, 4) is 0 Å². The van der Waals surface area contributed by atoms with Crippen molar-refractivity contribution in [3.63, 3.8) is 0 Å². The number of alkyl halides is 1. The van der Waals surface area contributed by atoms with E-state index in [9.17, 15) is 27.6 Å². The van der Waals surface area contributed by atoms with Crippen LogP contribution in [-0.2, 0) is 33.1 Å². The van der Waals surface area contributed by atoms with Crippen molar-refractivity contribution < 1.29 is 18.0 Å². The molecule has 1 atom stereocenters. The quantitative estimate of drug-likeness (QED) is 0.212. The fraction of sp³-hybridized carbons (Fsp3) is 0.281. The average Bonchev–Trinajstić information content (AvgIpc) is 3.64. The molecule has 2 aliphatic heterocycles. The molecule has 3 aromatic heterocycles. The lowest BCUT2D eigenvalue weighted by atomic mass is 9.84. The molecule has 1 aliphatic carbocycles. The van der Waals surface area contributed by atoms with Crippen LogP contribution in [0.2, 0.25) is 0 Å². The van der Waals surface area contributed by atoms with Gasteiger partial charge in [0.2, 0.25) is 5.95 Å². The second-order valence-electron chi connectivity index (χ2n) is 12.1. The number of carbonyl (C=O) groups excluding carboxylic acids is 1. The summed E-state index contributed by atoms with van der Waals surface area (Å²) in [5.41, 5.74) is 1.25. The van der Waals surface area contributed by atoms with Crippen LogP contribution in [0.25, 0.3) is 5.57 Å². The number of allylic oxidation sites excluding steroid dienone is 1. The molecule has 2 aromatic carbocycles. The van der Waals surface area contributed by atoms with Crippen molar-refractivity contribution in [3.05, 3.63) is 127 Å². The van der Waals surface area contributed by atoms with Crippen LogP contribution in [-0.4, -0.2) is 56.0 Å². The summed E-state index contributed by atoms with van der Waals surface area (Å²) in [6.07, 6.45) is 3.53. The number of anilines is 1. The molecule has 3 aliphatic rings. The summed E-state index contributed by atoms with van der Waals surface area (Å²) in [6, 6.07) is 7.94. The summed E-state index contributed by atoms with van der Waals surface area (Å²) in [6.45, 7) is 1.02. The highest BCUT2D eigenvalue weighted by atomic mass is 35.5. The fourth-order valence-corrected chi connectivity index (χ4v) is 6.46. The Kier molecular flexibility index (Phi) is 7.97. The van der Waals surface area contributed by atoms with Crippen LogP contribution in [0.15, 0.2) is 64.2 Å². The lowest BCUT2D eigenvalue weighted by Crippen LogP contribution is -2.44. The number of aryl methyl sites for hydroxylation is 1. The van der Waals surface area contributed by atoms with Crippen molar-refractivity contribution in [2.24, 2.45) is 7.05 Å². The van der Waals surface area contributed by atoms with Crippen molar-refractivity contribution in [1.29, 1.82) is 0 Å². The number of aromatic nitrogens is 8. The van der Waals surface area contributed by atoms with Gasteiger partial charge < -0.3 is 10.6 Å². The topological polar surface area (TPSA) is 147 Å². The molecule has 4 bridgehead atoms. The minimum absolute atomic E-state index is 0.154. The second-order valence-corrected chi connectivity index (χ2v) is 12.9. The Morgan fingerprint density at radius 1 is 1.04 bits per heavy atom. The minimum Gasteiger partial charge on any atom is -0.352 e. The Bertz CT molecular complexity index is 2310. The molecule has 252 valence electrons. The number of nitrogens with one attached hydrogen (secondary N) is 2. The Hall–Kier alpha value is -5.51. The van der Waals surface area contributed by atoms with Crippen molar-refractivity contribution in [2.75, 3.05) is 11.9 Å². The summed E-state index contributed by atoms with van der Waals surface area (Å²) in [5.74, 6) is -4.25. The van der Waals surface area contributed by atoms with Gasteiger partial charge >= 0.3 is 11.4 Å². The van der Waals surface area contributed by atoms with Crippen LogP contribution < -0.4 is 22.0 Å². The maximum Gasteiger partial charge on any atom is 0.355 e. The standard InChI is InChI=1S/C32H28ClF3N10O3/c1-32(33)11-25-21(14-43(2)42-25)20-6-7-37-28(47)18-5-3-4-17(8-18)12-46-26(38-16-39-46)15-45-30(48)41-29(40-27(20)32)44(31(45)49)13-19-9-23(35)24(36)10-22(19)34/h3-5,8-10,14,16H,6-7,11-13,15H2,1-2H3,(H,37,47)(H,40,41,48). The zero-order valence-electron chi connectivity index (χ0n) is 26.2. The van der Waals surface area contributed by atoms with Gasteiger partial charge in [0, 0.05) is 54.7 Å². The van der Waals surface area contributed by atoms with Gasteiger partial charge in [-0.05, 0) is 42.7 Å². The summed E-state index contributed by atoms with van der Waals surface area (Å²) in [7, 11) is 1.75. The van der Waals surface area contributed by atoms with Crippen molar-refractivity contribution in [1.82, 2.24) is 44.0 Å². The van der Waals surface area contributed by atoms with Gasteiger partial charge in [-0.25, -0.2) is 37.0 Å². The van der Waals surface area contributed by atoms with Crippen LogP contribution in [0.5, 0.6) is 0 Å². The Morgan fingerprint density at radius 3 is 2.65 bits per heavy atom. The first-order valence-electron chi connectivity index (χ1n) is 15.2. The van der Waals surface area contributed by atoms with Crippen LogP contribution in [0.3, 0.4) is 0 Å². The van der Waals surface area contributed by atoms with Gasteiger partial charge in [-0.3, -0.25) is 14.0 Å². The number of carbonyl (C=O) groups is 1. The molecule has 17 heteroatoms. The first-order chi connectivity index (χ1) is 23.4. The molecule has 5 heterocycles. The third kappa shape index (κ3) is 6.03. The molecule has 49 heavy (non-hydrogen) atoms. The van der Waals surface area contributed by atoms with Crippen LogP contribution >= 0.6 is 11.6 Å². The SMILES string of the molecule is Cn1cc2c(n1)CC(C)(Cl)C1=C2CCNC(=O)c2cccc(c2)Cn2ncnc2Cn2c(=O)nc(n(Cc3cc(F)c(F)cc3F)c2=O)N1. The number of amides is 1. The van der Waals surface area contributed by atoms with Gasteiger partial charge in [-0.2, -0.15) is 15.2 Å². The molecule has 0 spiro atoms. The molecule has 0 saturated heterocycles. The molecular weight excluding hydrogens is 665 g/mol. The highest BCUT2D eigenvalue weighted by Gasteiger charge is 2.38. The Balaban J connectivity index is 1.45. The molecule has 0 saturated carbocycles. The molecule has 1 unspecified atom stereocenters. The number of fused-ring (bicyclic) bond motifs is 6. The monoisotopic (exact) mass is 692 g/mol. The van der Waals surface area contributed by atoms with E-state index < -0.39 is 40.3 Å².